The Morgan fingerprint density at radius 2 is 1.56 bits per heavy atom. The van der Waals surface area contributed by atoms with Gasteiger partial charge in [0.2, 0.25) is 5.91 Å². The van der Waals surface area contributed by atoms with Crippen molar-refractivity contribution < 1.29 is 37.9 Å². The minimum atomic E-state index is -1.06. The quantitative estimate of drug-likeness (QED) is 0.0691. The SMILES string of the molecule is O=C(CCCCCNC(=O)/C(=C\c1ccc(F)c(F)c1)c1ccc(F)cc1)NC(Cc1ccc(O)cc1)C(=O)NO. The van der Waals surface area contributed by atoms with Crippen LogP contribution in [0.4, 0.5) is 13.2 Å². The Kier molecular flexibility index (Phi) is 11.5. The number of benzene rings is 3. The summed E-state index contributed by atoms with van der Waals surface area (Å²) in [6.45, 7) is 0.257. The number of aromatic hydroxyl groups is 1. The molecule has 1 atom stereocenters. The monoisotopic (exact) mass is 569 g/mol. The minimum Gasteiger partial charge on any atom is -0.508 e. The molecule has 0 saturated carbocycles. The molecule has 0 aliphatic heterocycles. The van der Waals surface area contributed by atoms with E-state index in [2.05, 4.69) is 10.6 Å². The summed E-state index contributed by atoms with van der Waals surface area (Å²) in [6, 6.07) is 13.5. The highest BCUT2D eigenvalue weighted by molar-refractivity contribution is 6.24. The molecule has 0 fully saturated rings. The third kappa shape index (κ3) is 9.80. The van der Waals surface area contributed by atoms with Gasteiger partial charge in [-0.25, -0.2) is 18.7 Å². The largest absolute Gasteiger partial charge is 0.508 e. The molecule has 0 heterocycles. The molecule has 1 unspecified atom stereocenters. The number of amides is 3. The number of phenolic OH excluding ortho intramolecular Hbond substituents is 1. The summed E-state index contributed by atoms with van der Waals surface area (Å²) in [5.41, 5.74) is 2.99. The molecule has 0 bridgehead atoms. The molecular formula is C30H30F3N3O5. The van der Waals surface area contributed by atoms with Gasteiger partial charge in [0, 0.05) is 25.0 Å². The van der Waals surface area contributed by atoms with Crippen LogP contribution < -0.4 is 16.1 Å². The Hall–Kier alpha value is -4.64. The molecule has 3 amide bonds. The zero-order chi connectivity index (χ0) is 29.8. The lowest BCUT2D eigenvalue weighted by molar-refractivity contribution is -0.134. The van der Waals surface area contributed by atoms with Crippen LogP contribution in [0.3, 0.4) is 0 Å². The second-order valence-corrected chi connectivity index (χ2v) is 9.27. The highest BCUT2D eigenvalue weighted by Gasteiger charge is 2.21. The number of nitrogens with one attached hydrogen (secondary N) is 3. The van der Waals surface area contributed by atoms with E-state index in [4.69, 9.17) is 5.21 Å². The number of rotatable bonds is 13. The number of carbonyl (C=O) groups is 3. The molecule has 3 aromatic carbocycles. The maximum absolute atomic E-state index is 13.7. The van der Waals surface area contributed by atoms with E-state index in [-0.39, 0.29) is 36.3 Å². The topological polar surface area (TPSA) is 128 Å². The van der Waals surface area contributed by atoms with Gasteiger partial charge in [-0.15, -0.1) is 0 Å². The molecule has 3 aromatic rings. The predicted octanol–water partition coefficient (Wildman–Crippen LogP) is 4.26. The number of hydrogen-bond acceptors (Lipinski definition) is 5. The van der Waals surface area contributed by atoms with Crippen LogP contribution in [-0.2, 0) is 20.8 Å². The second kappa shape index (κ2) is 15.2. The van der Waals surface area contributed by atoms with E-state index in [1.165, 1.54) is 54.0 Å². The van der Waals surface area contributed by atoms with Crippen LogP contribution in [0.5, 0.6) is 5.75 Å². The lowest BCUT2D eigenvalue weighted by Crippen LogP contribution is -2.47. The average Bonchev–Trinajstić information content (AvgIpc) is 2.96. The van der Waals surface area contributed by atoms with Gasteiger partial charge < -0.3 is 15.7 Å². The molecule has 0 radical (unpaired) electrons. The van der Waals surface area contributed by atoms with Crippen molar-refractivity contribution in [3.63, 3.8) is 0 Å². The molecule has 0 aliphatic rings. The minimum absolute atomic E-state index is 0.0584. The molecule has 0 spiro atoms. The van der Waals surface area contributed by atoms with Crippen molar-refractivity contribution in [3.8, 4) is 5.75 Å². The third-order valence-corrected chi connectivity index (χ3v) is 6.16. The molecular weight excluding hydrogens is 539 g/mol. The lowest BCUT2D eigenvalue weighted by Gasteiger charge is -2.17. The first-order valence-electron chi connectivity index (χ1n) is 12.9. The van der Waals surface area contributed by atoms with Gasteiger partial charge in [0.1, 0.15) is 17.6 Å². The van der Waals surface area contributed by atoms with Crippen molar-refractivity contribution in [2.24, 2.45) is 0 Å². The number of unbranched alkanes of at least 4 members (excludes halogenated alkanes) is 2. The van der Waals surface area contributed by atoms with Gasteiger partial charge in [-0.1, -0.05) is 36.8 Å². The summed E-state index contributed by atoms with van der Waals surface area (Å²) in [5.74, 6) is -4.18. The number of halogens is 3. The van der Waals surface area contributed by atoms with Crippen LogP contribution in [0.2, 0.25) is 0 Å². The van der Waals surface area contributed by atoms with E-state index in [0.29, 0.717) is 30.4 Å². The molecule has 216 valence electrons. The van der Waals surface area contributed by atoms with E-state index in [1.807, 2.05) is 0 Å². The van der Waals surface area contributed by atoms with Crippen molar-refractivity contribution >= 4 is 29.4 Å². The van der Waals surface area contributed by atoms with E-state index < -0.39 is 41.2 Å². The predicted molar refractivity (Wildman–Crippen MR) is 146 cm³/mol. The number of phenols is 1. The normalized spacial score (nSPS) is 12.0. The van der Waals surface area contributed by atoms with Gasteiger partial charge in [-0.3, -0.25) is 19.6 Å². The fourth-order valence-electron chi connectivity index (χ4n) is 3.98. The summed E-state index contributed by atoms with van der Waals surface area (Å²) >= 11 is 0. The molecule has 8 nitrogen and oxygen atoms in total. The summed E-state index contributed by atoms with van der Waals surface area (Å²) in [6.07, 6.45) is 3.15. The first-order chi connectivity index (χ1) is 19.7. The zero-order valence-corrected chi connectivity index (χ0v) is 22.0. The van der Waals surface area contributed by atoms with E-state index in [1.54, 1.807) is 12.1 Å². The Bertz CT molecular complexity index is 1380. The fraction of sp³-hybridized carbons (Fsp3) is 0.233. The first-order valence-corrected chi connectivity index (χ1v) is 12.9. The summed E-state index contributed by atoms with van der Waals surface area (Å²) < 4.78 is 40.4. The van der Waals surface area contributed by atoms with E-state index >= 15 is 0 Å². The van der Waals surface area contributed by atoms with Crippen molar-refractivity contribution in [2.75, 3.05) is 6.54 Å². The highest BCUT2D eigenvalue weighted by atomic mass is 19.2. The first kappa shape index (κ1) is 30.9. The third-order valence-electron chi connectivity index (χ3n) is 6.16. The van der Waals surface area contributed by atoms with Gasteiger partial charge in [0.25, 0.3) is 11.8 Å². The average molecular weight is 570 g/mol. The van der Waals surface area contributed by atoms with Gasteiger partial charge >= 0.3 is 0 Å². The number of hydrogen-bond donors (Lipinski definition) is 5. The fourth-order valence-corrected chi connectivity index (χ4v) is 3.98. The zero-order valence-electron chi connectivity index (χ0n) is 22.0. The maximum Gasteiger partial charge on any atom is 0.266 e. The van der Waals surface area contributed by atoms with Gasteiger partial charge in [0.15, 0.2) is 11.6 Å². The molecule has 0 saturated heterocycles. The van der Waals surface area contributed by atoms with Crippen LogP contribution in [0.15, 0.2) is 66.7 Å². The van der Waals surface area contributed by atoms with Crippen molar-refractivity contribution in [1.82, 2.24) is 16.1 Å². The molecule has 0 aromatic heterocycles. The standard InChI is InChI=1S/C30H30F3N3O5/c31-22-10-8-21(9-11-22)24(16-20-7-14-25(32)26(33)17-20)29(39)34-15-3-1-2-4-28(38)35-27(30(40)36-41)18-19-5-12-23(37)13-6-19/h5-14,16-17,27,37,41H,1-4,15,18H2,(H,34,39)(H,35,38)(H,36,40)/b24-16-. The summed E-state index contributed by atoms with van der Waals surface area (Å²) in [7, 11) is 0. The van der Waals surface area contributed by atoms with Crippen LogP contribution in [0, 0.1) is 17.5 Å². The van der Waals surface area contributed by atoms with E-state index in [9.17, 15) is 32.7 Å². The van der Waals surface area contributed by atoms with Gasteiger partial charge in [0.05, 0.1) is 0 Å². The van der Waals surface area contributed by atoms with E-state index in [0.717, 1.165) is 12.1 Å². The molecule has 5 N–H and O–H groups in total. The van der Waals surface area contributed by atoms with Gasteiger partial charge in [-0.05, 0) is 72.0 Å². The van der Waals surface area contributed by atoms with Crippen LogP contribution in [0.1, 0.15) is 42.4 Å². The Morgan fingerprint density at radius 1 is 0.854 bits per heavy atom. The van der Waals surface area contributed by atoms with Crippen LogP contribution >= 0.6 is 0 Å². The van der Waals surface area contributed by atoms with Crippen molar-refractivity contribution in [2.45, 2.75) is 38.1 Å². The Balaban J connectivity index is 1.49. The van der Waals surface area contributed by atoms with Crippen molar-refractivity contribution in [1.29, 1.82) is 0 Å². The van der Waals surface area contributed by atoms with Crippen molar-refractivity contribution in [3.05, 3.63) is 101 Å². The summed E-state index contributed by atoms with van der Waals surface area (Å²) in [5, 5.41) is 23.7. The van der Waals surface area contributed by atoms with Crippen LogP contribution in [-0.4, -0.2) is 40.6 Å². The second-order valence-electron chi connectivity index (χ2n) is 9.27. The van der Waals surface area contributed by atoms with Gasteiger partial charge in [-0.2, -0.15) is 0 Å². The Labute approximate surface area is 234 Å². The Morgan fingerprint density at radius 3 is 2.22 bits per heavy atom. The molecule has 3 rings (SSSR count). The smallest absolute Gasteiger partial charge is 0.266 e. The van der Waals surface area contributed by atoms with Crippen LogP contribution in [0.25, 0.3) is 11.6 Å². The number of carbonyl (C=O) groups excluding carboxylic acids is 3. The number of hydroxylamine groups is 1. The summed E-state index contributed by atoms with van der Waals surface area (Å²) in [4.78, 5) is 37.3. The molecule has 11 heteroatoms. The lowest BCUT2D eigenvalue weighted by atomic mass is 10.0. The highest BCUT2D eigenvalue weighted by Crippen LogP contribution is 2.21. The maximum atomic E-state index is 13.7. The molecule has 0 aliphatic carbocycles. The molecule has 41 heavy (non-hydrogen) atoms.